The van der Waals surface area contributed by atoms with E-state index in [-0.39, 0.29) is 33.8 Å². The number of carbonyl (C=O) groups excluding carboxylic acids is 4. The van der Waals surface area contributed by atoms with Crippen LogP contribution in [0.1, 0.15) is 60.8 Å². The van der Waals surface area contributed by atoms with Crippen molar-refractivity contribution in [2.75, 3.05) is 12.8 Å². The van der Waals surface area contributed by atoms with Gasteiger partial charge in [0.15, 0.2) is 11.6 Å². The first kappa shape index (κ1) is 19.1. The van der Waals surface area contributed by atoms with Crippen LogP contribution in [0.4, 0.5) is 5.69 Å². The van der Waals surface area contributed by atoms with Gasteiger partial charge >= 0.3 is 0 Å². The summed E-state index contributed by atoms with van der Waals surface area (Å²) >= 11 is 0. The number of ketones is 2. The van der Waals surface area contributed by atoms with E-state index in [0.717, 1.165) is 10.6 Å². The van der Waals surface area contributed by atoms with Gasteiger partial charge in [0, 0.05) is 23.9 Å². The molecule has 1 aliphatic rings. The lowest BCUT2D eigenvalue weighted by atomic mass is 9.95. The third-order valence-corrected chi connectivity index (χ3v) is 4.06. The summed E-state index contributed by atoms with van der Waals surface area (Å²) in [5.41, 5.74) is 8.22. The number of imide groups is 1. The van der Waals surface area contributed by atoms with Gasteiger partial charge in [-0.15, -0.1) is 0 Å². The van der Waals surface area contributed by atoms with Crippen molar-refractivity contribution in [2.45, 2.75) is 20.8 Å². The molecule has 2 aromatic carbocycles. The van der Waals surface area contributed by atoms with Crippen LogP contribution in [0.5, 0.6) is 0 Å². The van der Waals surface area contributed by atoms with Crippen molar-refractivity contribution in [3.05, 3.63) is 64.2 Å². The number of Topliss-reactive ketones (excluding diaryl/α,β-unsaturated/α-hetero) is 2. The quantitative estimate of drug-likeness (QED) is 0.509. The fourth-order valence-corrected chi connectivity index (χ4v) is 2.56. The van der Waals surface area contributed by atoms with Gasteiger partial charge < -0.3 is 5.73 Å². The first-order valence-corrected chi connectivity index (χ1v) is 7.98. The van der Waals surface area contributed by atoms with Crippen LogP contribution in [0.2, 0.25) is 0 Å². The number of nitrogen functional groups attached to an aromatic ring is 1. The average molecular weight is 352 g/mol. The molecule has 0 saturated carbocycles. The molecule has 1 heterocycles. The van der Waals surface area contributed by atoms with E-state index in [2.05, 4.69) is 0 Å². The van der Waals surface area contributed by atoms with Gasteiger partial charge in [-0.2, -0.15) is 0 Å². The fourth-order valence-electron chi connectivity index (χ4n) is 2.56. The maximum absolute atomic E-state index is 11.8. The third-order valence-electron chi connectivity index (χ3n) is 4.06. The number of anilines is 1. The molecule has 0 radical (unpaired) electrons. The van der Waals surface area contributed by atoms with Gasteiger partial charge in [0.1, 0.15) is 0 Å². The zero-order chi connectivity index (χ0) is 19.6. The van der Waals surface area contributed by atoms with E-state index in [1.54, 1.807) is 0 Å². The molecule has 2 aromatic rings. The molecule has 0 aromatic heterocycles. The summed E-state index contributed by atoms with van der Waals surface area (Å²) in [6.45, 7) is 4.68. The monoisotopic (exact) mass is 352 g/mol. The Morgan fingerprint density at radius 1 is 0.846 bits per heavy atom. The molecule has 26 heavy (non-hydrogen) atoms. The van der Waals surface area contributed by atoms with E-state index in [1.807, 2.05) is 31.2 Å². The molecule has 1 aliphatic heterocycles. The van der Waals surface area contributed by atoms with E-state index in [1.165, 1.54) is 38.6 Å². The normalized spacial score (nSPS) is 12.4. The van der Waals surface area contributed by atoms with Crippen molar-refractivity contribution in [1.82, 2.24) is 4.90 Å². The molecule has 0 fully saturated rings. The van der Waals surface area contributed by atoms with Crippen LogP contribution in [0, 0.1) is 6.92 Å². The zero-order valence-electron chi connectivity index (χ0n) is 15.1. The Bertz CT molecular complexity index is 840. The number of benzene rings is 2. The molecule has 0 aliphatic carbocycles. The van der Waals surface area contributed by atoms with Crippen LogP contribution in [0.25, 0.3) is 0 Å². The molecular formula is C20H20N2O4. The number of amides is 2. The molecule has 0 saturated heterocycles. The minimum absolute atomic E-state index is 0.178. The van der Waals surface area contributed by atoms with Crippen molar-refractivity contribution in [3.63, 3.8) is 0 Å². The van der Waals surface area contributed by atoms with Gasteiger partial charge in [0.25, 0.3) is 11.8 Å². The van der Waals surface area contributed by atoms with Gasteiger partial charge in [0.05, 0.1) is 11.1 Å². The number of carbonyl (C=O) groups is 4. The Kier molecular flexibility index (Phi) is 5.35. The lowest BCUT2D eigenvalue weighted by molar-refractivity contribution is 0.0692. The topological polar surface area (TPSA) is 97.5 Å². The second-order valence-electron chi connectivity index (χ2n) is 6.14. The molecule has 0 spiro atoms. The second kappa shape index (κ2) is 7.31. The molecule has 134 valence electrons. The number of nitrogens with two attached hydrogens (primary N) is 1. The van der Waals surface area contributed by atoms with Gasteiger partial charge in [0.2, 0.25) is 0 Å². The highest BCUT2D eigenvalue weighted by atomic mass is 16.2. The lowest BCUT2D eigenvalue weighted by Gasteiger charge is -2.05. The first-order valence-electron chi connectivity index (χ1n) is 7.98. The summed E-state index contributed by atoms with van der Waals surface area (Å²) < 4.78 is 0. The smallest absolute Gasteiger partial charge is 0.261 e. The molecule has 0 bridgehead atoms. The molecule has 6 nitrogen and oxygen atoms in total. The minimum Gasteiger partial charge on any atom is -0.399 e. The number of hydrogen-bond donors (Lipinski definition) is 1. The predicted octanol–water partition coefficient (Wildman–Crippen LogP) is 2.89. The summed E-state index contributed by atoms with van der Waals surface area (Å²) in [7, 11) is 1.37. The Morgan fingerprint density at radius 2 is 1.23 bits per heavy atom. The summed E-state index contributed by atoms with van der Waals surface area (Å²) in [4.78, 5) is 47.5. The Labute approximate surface area is 151 Å². The predicted molar refractivity (Wildman–Crippen MR) is 98.5 cm³/mol. The van der Waals surface area contributed by atoms with Crippen molar-refractivity contribution in [1.29, 1.82) is 0 Å². The first-order chi connectivity index (χ1) is 12.1. The molecule has 2 amide bonds. The highest BCUT2D eigenvalue weighted by Gasteiger charge is 2.34. The van der Waals surface area contributed by atoms with Crippen molar-refractivity contribution < 1.29 is 19.2 Å². The van der Waals surface area contributed by atoms with Gasteiger partial charge in [-0.05, 0) is 45.0 Å². The minimum atomic E-state index is -0.451. The standard InChI is InChI=1S/C13H11NO4.C7H9N/c1-6(15)8-4-10-11(5-9(8)7(2)16)13(18)14(3)12(10)17;1-6-2-4-7(8)5-3-6/h4-5H,1-3H3;2-5H,8H2,1H3. The molecule has 2 N–H and O–H groups in total. The van der Waals surface area contributed by atoms with E-state index in [4.69, 9.17) is 5.73 Å². The van der Waals surface area contributed by atoms with Gasteiger partial charge in [-0.3, -0.25) is 24.1 Å². The van der Waals surface area contributed by atoms with E-state index in [9.17, 15) is 19.2 Å². The van der Waals surface area contributed by atoms with E-state index < -0.39 is 11.8 Å². The number of hydrogen-bond acceptors (Lipinski definition) is 5. The maximum atomic E-state index is 11.8. The highest BCUT2D eigenvalue weighted by Crippen LogP contribution is 2.26. The summed E-state index contributed by atoms with van der Waals surface area (Å²) in [5.74, 6) is -1.52. The molecule has 3 rings (SSSR count). The van der Waals surface area contributed by atoms with Crippen LogP contribution >= 0.6 is 0 Å². The number of aryl methyl sites for hydroxylation is 1. The van der Waals surface area contributed by atoms with E-state index >= 15 is 0 Å². The number of rotatable bonds is 2. The fraction of sp³-hybridized carbons (Fsp3) is 0.200. The molecular weight excluding hydrogens is 332 g/mol. The molecule has 0 atom stereocenters. The van der Waals surface area contributed by atoms with Crippen LogP contribution in [-0.4, -0.2) is 35.3 Å². The Morgan fingerprint density at radius 3 is 1.54 bits per heavy atom. The summed E-state index contributed by atoms with van der Waals surface area (Å²) in [6, 6.07) is 10.4. The van der Waals surface area contributed by atoms with Crippen molar-refractivity contribution in [2.24, 2.45) is 0 Å². The number of fused-ring (bicyclic) bond motifs is 1. The van der Waals surface area contributed by atoms with Crippen LogP contribution in [-0.2, 0) is 0 Å². The SMILES string of the molecule is CC(=O)c1cc2c(cc1C(C)=O)C(=O)N(C)C2=O.Cc1ccc(N)cc1. The molecule has 0 unspecified atom stereocenters. The van der Waals surface area contributed by atoms with Gasteiger partial charge in [-0.25, -0.2) is 0 Å². The largest absolute Gasteiger partial charge is 0.399 e. The van der Waals surface area contributed by atoms with Gasteiger partial charge in [-0.1, -0.05) is 17.7 Å². The Balaban J connectivity index is 0.000000254. The molecule has 6 heteroatoms. The van der Waals surface area contributed by atoms with E-state index in [0.29, 0.717) is 0 Å². The second-order valence-corrected chi connectivity index (χ2v) is 6.14. The van der Waals surface area contributed by atoms with Crippen molar-refractivity contribution in [3.8, 4) is 0 Å². The van der Waals surface area contributed by atoms with Crippen LogP contribution < -0.4 is 5.73 Å². The summed E-state index contributed by atoms with van der Waals surface area (Å²) in [5, 5.41) is 0. The third kappa shape index (κ3) is 3.69. The highest BCUT2D eigenvalue weighted by molar-refractivity contribution is 6.23. The van der Waals surface area contributed by atoms with Crippen molar-refractivity contribution >= 4 is 29.1 Å². The number of nitrogens with zero attached hydrogens (tertiary/aromatic N) is 1. The van der Waals surface area contributed by atoms with Crippen LogP contribution in [0.15, 0.2) is 36.4 Å². The van der Waals surface area contributed by atoms with Crippen LogP contribution in [0.3, 0.4) is 0 Å². The zero-order valence-corrected chi connectivity index (χ0v) is 15.1. The summed E-state index contributed by atoms with van der Waals surface area (Å²) in [6.07, 6.45) is 0. The lowest BCUT2D eigenvalue weighted by Crippen LogP contribution is -2.24. The average Bonchev–Trinajstić information content (AvgIpc) is 2.81. The maximum Gasteiger partial charge on any atom is 0.261 e. The Hall–Kier alpha value is -3.28.